The van der Waals surface area contributed by atoms with E-state index >= 15 is 0 Å². The first kappa shape index (κ1) is 13.8. The summed E-state index contributed by atoms with van der Waals surface area (Å²) >= 11 is 0. The highest BCUT2D eigenvalue weighted by atomic mass is 32.2. The first-order valence-electron chi connectivity index (χ1n) is 5.47. The topological polar surface area (TPSA) is 66.4 Å². The molecule has 4 nitrogen and oxygen atoms in total. The van der Waals surface area contributed by atoms with Gasteiger partial charge in [-0.1, -0.05) is 20.8 Å². The molecule has 0 saturated heterocycles. The lowest BCUT2D eigenvalue weighted by molar-refractivity contribution is 0.397. The lowest BCUT2D eigenvalue weighted by Gasteiger charge is -2.18. The quantitative estimate of drug-likeness (QED) is 0.815. The third kappa shape index (κ3) is 5.58. The largest absolute Gasteiger partial charge is 0.508 e. The van der Waals surface area contributed by atoms with Gasteiger partial charge in [0.1, 0.15) is 5.75 Å². The Kier molecular flexibility index (Phi) is 4.03. The average molecular weight is 257 g/mol. The fourth-order valence-corrected chi connectivity index (χ4v) is 2.68. The van der Waals surface area contributed by atoms with Crippen molar-refractivity contribution in [1.29, 1.82) is 0 Å². The molecule has 0 aliphatic heterocycles. The molecule has 0 amide bonds. The summed E-state index contributed by atoms with van der Waals surface area (Å²) in [4.78, 5) is 0. The van der Waals surface area contributed by atoms with Crippen LogP contribution in [0.5, 0.6) is 5.75 Å². The summed E-state index contributed by atoms with van der Waals surface area (Å²) in [5.74, 6) is 0.208. The molecule has 0 saturated carbocycles. The molecule has 0 spiro atoms. The molecule has 0 bridgehead atoms. The maximum Gasteiger partial charge on any atom is 0.232 e. The van der Waals surface area contributed by atoms with Gasteiger partial charge in [-0.25, -0.2) is 8.42 Å². The molecule has 17 heavy (non-hydrogen) atoms. The van der Waals surface area contributed by atoms with Crippen molar-refractivity contribution in [2.45, 2.75) is 27.2 Å². The summed E-state index contributed by atoms with van der Waals surface area (Å²) in [5, 5.41) is 9.09. The molecule has 0 heterocycles. The molecule has 96 valence electrons. The van der Waals surface area contributed by atoms with Crippen molar-refractivity contribution in [1.82, 2.24) is 0 Å². The Bertz CT molecular complexity index is 458. The number of nitrogens with one attached hydrogen (secondary N) is 1. The van der Waals surface area contributed by atoms with E-state index in [4.69, 9.17) is 5.11 Å². The van der Waals surface area contributed by atoms with E-state index in [1.165, 1.54) is 24.3 Å². The number of rotatable bonds is 4. The molecule has 1 rings (SSSR count). The highest BCUT2D eigenvalue weighted by molar-refractivity contribution is 7.92. The van der Waals surface area contributed by atoms with E-state index in [2.05, 4.69) is 4.72 Å². The van der Waals surface area contributed by atoms with E-state index in [1.54, 1.807) is 0 Å². The lowest BCUT2D eigenvalue weighted by atomic mass is 9.94. The predicted molar refractivity (Wildman–Crippen MR) is 69.6 cm³/mol. The van der Waals surface area contributed by atoms with Crippen LogP contribution in [0.15, 0.2) is 24.3 Å². The third-order valence-electron chi connectivity index (χ3n) is 2.26. The first-order valence-corrected chi connectivity index (χ1v) is 7.13. The molecule has 0 fully saturated rings. The van der Waals surface area contributed by atoms with Crippen LogP contribution in [0.3, 0.4) is 0 Å². The van der Waals surface area contributed by atoms with Crippen molar-refractivity contribution < 1.29 is 13.5 Å². The summed E-state index contributed by atoms with van der Waals surface area (Å²) < 4.78 is 26.0. The number of hydrogen-bond donors (Lipinski definition) is 2. The van der Waals surface area contributed by atoms with Gasteiger partial charge in [0.25, 0.3) is 0 Å². The van der Waals surface area contributed by atoms with Gasteiger partial charge >= 0.3 is 0 Å². The second-order valence-electron chi connectivity index (χ2n) is 5.28. The summed E-state index contributed by atoms with van der Waals surface area (Å²) in [5.41, 5.74) is 0.459. The Balaban J connectivity index is 2.64. The third-order valence-corrected chi connectivity index (χ3v) is 3.55. The number of hydrogen-bond acceptors (Lipinski definition) is 3. The van der Waals surface area contributed by atoms with Crippen LogP contribution in [-0.4, -0.2) is 19.3 Å². The average Bonchev–Trinajstić information content (AvgIpc) is 2.18. The van der Waals surface area contributed by atoms with Crippen molar-refractivity contribution in [2.24, 2.45) is 5.41 Å². The monoisotopic (exact) mass is 257 g/mol. The smallest absolute Gasteiger partial charge is 0.232 e. The highest BCUT2D eigenvalue weighted by Gasteiger charge is 2.17. The second kappa shape index (κ2) is 4.96. The fourth-order valence-electron chi connectivity index (χ4n) is 1.20. The summed E-state index contributed by atoms with van der Waals surface area (Å²) in [7, 11) is -3.31. The van der Waals surface area contributed by atoms with Crippen LogP contribution in [0.1, 0.15) is 27.2 Å². The second-order valence-corrected chi connectivity index (χ2v) is 7.12. The van der Waals surface area contributed by atoms with Gasteiger partial charge in [0.2, 0.25) is 10.0 Å². The zero-order valence-corrected chi connectivity index (χ0v) is 11.2. The minimum atomic E-state index is -3.31. The van der Waals surface area contributed by atoms with Crippen molar-refractivity contribution in [3.63, 3.8) is 0 Å². The Morgan fingerprint density at radius 2 is 1.71 bits per heavy atom. The van der Waals surface area contributed by atoms with Crippen molar-refractivity contribution in [3.05, 3.63) is 24.3 Å². The minimum absolute atomic E-state index is 0.0102. The standard InChI is InChI=1S/C12H19NO3S/c1-12(2,3)8-9-17(15,16)13-10-4-6-11(14)7-5-10/h4-7,13-14H,8-9H2,1-3H3. The number of benzene rings is 1. The number of sulfonamides is 1. The maximum absolute atomic E-state index is 11.8. The van der Waals surface area contributed by atoms with Crippen LogP contribution >= 0.6 is 0 Å². The van der Waals surface area contributed by atoms with Crippen LogP contribution in [0.2, 0.25) is 0 Å². The molecular formula is C12H19NO3S. The van der Waals surface area contributed by atoms with Gasteiger partial charge in [-0.15, -0.1) is 0 Å². The highest BCUT2D eigenvalue weighted by Crippen LogP contribution is 2.20. The van der Waals surface area contributed by atoms with Gasteiger partial charge in [-0.3, -0.25) is 4.72 Å². The SMILES string of the molecule is CC(C)(C)CCS(=O)(=O)Nc1ccc(O)cc1. The Hall–Kier alpha value is -1.23. The van der Waals surface area contributed by atoms with Gasteiger partial charge in [-0.2, -0.15) is 0 Å². The van der Waals surface area contributed by atoms with E-state index < -0.39 is 10.0 Å². The number of aromatic hydroxyl groups is 1. The van der Waals surface area contributed by atoms with Gasteiger partial charge in [0, 0.05) is 5.69 Å². The molecule has 2 N–H and O–H groups in total. The minimum Gasteiger partial charge on any atom is -0.508 e. The molecule has 0 aliphatic carbocycles. The van der Waals surface area contributed by atoms with E-state index in [-0.39, 0.29) is 16.9 Å². The molecule has 1 aromatic carbocycles. The van der Waals surface area contributed by atoms with Gasteiger partial charge in [0.15, 0.2) is 0 Å². The Morgan fingerprint density at radius 1 is 1.18 bits per heavy atom. The van der Waals surface area contributed by atoms with Crippen LogP contribution < -0.4 is 4.72 Å². The summed E-state index contributed by atoms with van der Waals surface area (Å²) in [6.07, 6.45) is 0.598. The van der Waals surface area contributed by atoms with Gasteiger partial charge in [0.05, 0.1) is 5.75 Å². The molecular weight excluding hydrogens is 238 g/mol. The van der Waals surface area contributed by atoms with E-state index in [9.17, 15) is 8.42 Å². The van der Waals surface area contributed by atoms with Crippen LogP contribution in [0, 0.1) is 5.41 Å². The molecule has 5 heteroatoms. The normalized spacial score (nSPS) is 12.4. The summed E-state index contributed by atoms with van der Waals surface area (Å²) in [6, 6.07) is 5.96. The molecule has 0 aliphatic rings. The van der Waals surface area contributed by atoms with Gasteiger partial charge in [-0.05, 0) is 36.1 Å². The first-order chi connectivity index (χ1) is 7.68. The van der Waals surface area contributed by atoms with E-state index in [0.717, 1.165) is 0 Å². The van der Waals surface area contributed by atoms with Crippen LogP contribution in [0.25, 0.3) is 0 Å². The maximum atomic E-state index is 11.8. The Morgan fingerprint density at radius 3 is 2.18 bits per heavy atom. The molecule has 0 atom stereocenters. The molecule has 0 radical (unpaired) electrons. The van der Waals surface area contributed by atoms with Crippen LogP contribution in [0.4, 0.5) is 5.69 Å². The predicted octanol–water partition coefficient (Wildman–Crippen LogP) is 2.57. The van der Waals surface area contributed by atoms with Crippen molar-refractivity contribution >= 4 is 15.7 Å². The van der Waals surface area contributed by atoms with Crippen LogP contribution in [-0.2, 0) is 10.0 Å². The lowest BCUT2D eigenvalue weighted by Crippen LogP contribution is -2.20. The summed E-state index contributed by atoms with van der Waals surface area (Å²) in [6.45, 7) is 6.01. The zero-order chi connectivity index (χ0) is 13.1. The molecule has 1 aromatic rings. The number of phenols is 1. The number of anilines is 1. The fraction of sp³-hybridized carbons (Fsp3) is 0.500. The number of phenolic OH excluding ortho intramolecular Hbond substituents is 1. The van der Waals surface area contributed by atoms with Crippen molar-refractivity contribution in [2.75, 3.05) is 10.5 Å². The molecule has 0 unspecified atom stereocenters. The van der Waals surface area contributed by atoms with Crippen molar-refractivity contribution in [3.8, 4) is 5.75 Å². The van der Waals surface area contributed by atoms with Gasteiger partial charge < -0.3 is 5.11 Å². The molecule has 0 aromatic heterocycles. The van der Waals surface area contributed by atoms with E-state index in [1.807, 2.05) is 20.8 Å². The Labute approximate surface area is 103 Å². The zero-order valence-electron chi connectivity index (χ0n) is 10.4. The van der Waals surface area contributed by atoms with E-state index in [0.29, 0.717) is 12.1 Å².